The molecule has 0 spiro atoms. The van der Waals surface area contributed by atoms with Gasteiger partial charge in [0, 0.05) is 18.8 Å². The van der Waals surface area contributed by atoms with E-state index in [0.29, 0.717) is 18.5 Å². The molecule has 1 aromatic rings. The van der Waals surface area contributed by atoms with E-state index in [4.69, 9.17) is 0 Å². The number of hydrogen-bond donors (Lipinski definition) is 1. The summed E-state index contributed by atoms with van der Waals surface area (Å²) in [6, 6.07) is 0. The minimum absolute atomic E-state index is 0. The number of rotatable bonds is 1. The lowest BCUT2D eigenvalue weighted by molar-refractivity contribution is -0.134. The van der Waals surface area contributed by atoms with Crippen molar-refractivity contribution in [1.29, 1.82) is 0 Å². The molecular weight excluding hydrogens is 206 g/mol. The second kappa shape index (κ2) is 4.83. The van der Waals surface area contributed by atoms with E-state index in [2.05, 4.69) is 15.3 Å². The van der Waals surface area contributed by atoms with E-state index in [9.17, 15) is 9.59 Å². The van der Waals surface area contributed by atoms with Crippen LogP contribution in [0.4, 0.5) is 0 Å². The standard InChI is InChI=1S/C10H11N3O2.CH4/c1-6-4-11-5-8(12-6)7-2-3-9(14)13-10(7)15;/h4-5,7H,2-3H2,1H3,(H,13,14,15);1H4. The zero-order valence-electron chi connectivity index (χ0n) is 8.36. The van der Waals surface area contributed by atoms with Gasteiger partial charge in [0.2, 0.25) is 11.8 Å². The van der Waals surface area contributed by atoms with Crippen LogP contribution in [0.2, 0.25) is 0 Å². The molecule has 1 aliphatic rings. The van der Waals surface area contributed by atoms with Crippen LogP contribution >= 0.6 is 0 Å². The Balaban J connectivity index is 0.00000128. The van der Waals surface area contributed by atoms with E-state index >= 15 is 0 Å². The van der Waals surface area contributed by atoms with Crippen molar-refractivity contribution in [3.8, 4) is 0 Å². The van der Waals surface area contributed by atoms with E-state index in [1.165, 1.54) is 0 Å². The molecule has 1 fully saturated rings. The summed E-state index contributed by atoms with van der Waals surface area (Å²) in [4.78, 5) is 30.7. The highest BCUT2D eigenvalue weighted by Crippen LogP contribution is 2.22. The van der Waals surface area contributed by atoms with Gasteiger partial charge in [0.05, 0.1) is 17.3 Å². The Bertz CT molecular complexity index is 417. The molecule has 16 heavy (non-hydrogen) atoms. The fraction of sp³-hybridized carbons (Fsp3) is 0.455. The van der Waals surface area contributed by atoms with Gasteiger partial charge in [0.25, 0.3) is 0 Å². The first kappa shape index (κ1) is 12.3. The smallest absolute Gasteiger partial charge is 0.235 e. The fourth-order valence-electron chi connectivity index (χ4n) is 1.63. The summed E-state index contributed by atoms with van der Waals surface area (Å²) in [7, 11) is 0. The molecule has 0 aromatic carbocycles. The molecule has 1 unspecified atom stereocenters. The van der Waals surface area contributed by atoms with Crippen molar-refractivity contribution in [3.05, 3.63) is 23.8 Å². The number of aromatic nitrogens is 2. The van der Waals surface area contributed by atoms with Gasteiger partial charge in [-0.05, 0) is 13.3 Å². The Morgan fingerprint density at radius 3 is 2.75 bits per heavy atom. The molecule has 1 aliphatic heterocycles. The third kappa shape index (κ3) is 2.42. The van der Waals surface area contributed by atoms with Gasteiger partial charge in [-0.25, -0.2) is 0 Å². The van der Waals surface area contributed by atoms with Crippen LogP contribution in [0.1, 0.15) is 37.6 Å². The van der Waals surface area contributed by atoms with Gasteiger partial charge in [0.15, 0.2) is 0 Å². The quantitative estimate of drug-likeness (QED) is 0.716. The molecule has 5 heteroatoms. The summed E-state index contributed by atoms with van der Waals surface area (Å²) in [5.74, 6) is -0.821. The van der Waals surface area contributed by atoms with Crippen LogP contribution in [-0.2, 0) is 9.59 Å². The molecule has 5 nitrogen and oxygen atoms in total. The first-order valence-corrected chi connectivity index (χ1v) is 4.79. The molecule has 0 aliphatic carbocycles. The summed E-state index contributed by atoms with van der Waals surface area (Å²) < 4.78 is 0. The van der Waals surface area contributed by atoms with Crippen LogP contribution in [0.5, 0.6) is 0 Å². The Kier molecular flexibility index (Phi) is 3.71. The van der Waals surface area contributed by atoms with E-state index in [1.807, 2.05) is 6.92 Å². The zero-order valence-corrected chi connectivity index (χ0v) is 8.36. The largest absolute Gasteiger partial charge is 0.296 e. The zero-order chi connectivity index (χ0) is 10.8. The fourth-order valence-corrected chi connectivity index (χ4v) is 1.63. The van der Waals surface area contributed by atoms with Gasteiger partial charge in [-0.15, -0.1) is 0 Å². The number of carbonyl (C=O) groups is 2. The number of nitrogens with one attached hydrogen (secondary N) is 1. The molecule has 1 saturated heterocycles. The summed E-state index contributed by atoms with van der Waals surface area (Å²) in [5, 5.41) is 2.30. The van der Waals surface area contributed by atoms with Crippen LogP contribution in [0.3, 0.4) is 0 Å². The maximum atomic E-state index is 11.5. The van der Waals surface area contributed by atoms with Crippen LogP contribution in [0, 0.1) is 6.92 Å². The third-order valence-electron chi connectivity index (χ3n) is 2.37. The number of imide groups is 1. The lowest BCUT2D eigenvalue weighted by atomic mass is 9.95. The lowest BCUT2D eigenvalue weighted by Gasteiger charge is -2.19. The molecule has 1 N–H and O–H groups in total. The van der Waals surface area contributed by atoms with Gasteiger partial charge in [-0.3, -0.25) is 24.9 Å². The maximum Gasteiger partial charge on any atom is 0.235 e. The van der Waals surface area contributed by atoms with Crippen molar-refractivity contribution < 1.29 is 9.59 Å². The van der Waals surface area contributed by atoms with Gasteiger partial charge < -0.3 is 0 Å². The monoisotopic (exact) mass is 221 g/mol. The van der Waals surface area contributed by atoms with Crippen LogP contribution in [0.25, 0.3) is 0 Å². The van der Waals surface area contributed by atoms with Crippen molar-refractivity contribution in [3.63, 3.8) is 0 Å². The minimum Gasteiger partial charge on any atom is -0.296 e. The minimum atomic E-state index is -0.338. The second-order valence-electron chi connectivity index (χ2n) is 3.59. The maximum absolute atomic E-state index is 11.5. The van der Waals surface area contributed by atoms with Crippen molar-refractivity contribution in [2.45, 2.75) is 33.1 Å². The van der Waals surface area contributed by atoms with Gasteiger partial charge in [-0.1, -0.05) is 7.43 Å². The SMILES string of the molecule is C.Cc1cncc(C2CCC(=O)NC2=O)n1. The van der Waals surface area contributed by atoms with E-state index in [-0.39, 0.29) is 25.2 Å². The predicted molar refractivity (Wildman–Crippen MR) is 58.6 cm³/mol. The summed E-state index contributed by atoms with van der Waals surface area (Å²) in [6.45, 7) is 1.82. The second-order valence-corrected chi connectivity index (χ2v) is 3.59. The number of amides is 2. The first-order valence-electron chi connectivity index (χ1n) is 4.79. The first-order chi connectivity index (χ1) is 7.16. The summed E-state index contributed by atoms with van der Waals surface area (Å²) in [6.07, 6.45) is 4.09. The lowest BCUT2D eigenvalue weighted by Crippen LogP contribution is -2.39. The molecule has 1 atom stereocenters. The Morgan fingerprint density at radius 1 is 1.38 bits per heavy atom. The molecule has 2 amide bonds. The summed E-state index contributed by atoms with van der Waals surface area (Å²) in [5.41, 5.74) is 1.41. The summed E-state index contributed by atoms with van der Waals surface area (Å²) >= 11 is 0. The number of piperidine rings is 1. The van der Waals surface area contributed by atoms with E-state index in [0.717, 1.165) is 5.69 Å². The number of carbonyl (C=O) groups excluding carboxylic acids is 2. The average molecular weight is 221 g/mol. The third-order valence-corrected chi connectivity index (χ3v) is 2.37. The number of aryl methyl sites for hydroxylation is 1. The van der Waals surface area contributed by atoms with E-state index in [1.54, 1.807) is 12.4 Å². The molecule has 0 radical (unpaired) electrons. The van der Waals surface area contributed by atoms with E-state index < -0.39 is 0 Å². The highest BCUT2D eigenvalue weighted by Gasteiger charge is 2.29. The van der Waals surface area contributed by atoms with Gasteiger partial charge >= 0.3 is 0 Å². The Labute approximate surface area is 94.3 Å². The molecule has 86 valence electrons. The molecule has 1 aromatic heterocycles. The normalized spacial score (nSPS) is 19.9. The van der Waals surface area contributed by atoms with Crippen molar-refractivity contribution in [2.24, 2.45) is 0 Å². The Morgan fingerprint density at radius 2 is 2.12 bits per heavy atom. The van der Waals surface area contributed by atoms with Crippen LogP contribution < -0.4 is 5.32 Å². The van der Waals surface area contributed by atoms with Crippen LogP contribution in [0.15, 0.2) is 12.4 Å². The molecule has 0 bridgehead atoms. The van der Waals surface area contributed by atoms with Crippen molar-refractivity contribution >= 4 is 11.8 Å². The average Bonchev–Trinajstić information content (AvgIpc) is 2.17. The topological polar surface area (TPSA) is 72.0 Å². The molecule has 2 rings (SSSR count). The highest BCUT2D eigenvalue weighted by atomic mass is 16.2. The molecule has 0 saturated carbocycles. The van der Waals surface area contributed by atoms with Gasteiger partial charge in [-0.2, -0.15) is 0 Å². The molecule has 2 heterocycles. The predicted octanol–water partition coefficient (Wildman–Crippen LogP) is 0.941. The van der Waals surface area contributed by atoms with Gasteiger partial charge in [0.1, 0.15) is 0 Å². The number of nitrogens with zero attached hydrogens (tertiary/aromatic N) is 2. The van der Waals surface area contributed by atoms with Crippen molar-refractivity contribution in [2.75, 3.05) is 0 Å². The number of hydrogen-bond acceptors (Lipinski definition) is 4. The van der Waals surface area contributed by atoms with Crippen molar-refractivity contribution in [1.82, 2.24) is 15.3 Å². The highest BCUT2D eigenvalue weighted by molar-refractivity contribution is 6.00. The Hall–Kier alpha value is -1.78. The molecular formula is C11H15N3O2. The van der Waals surface area contributed by atoms with Crippen LogP contribution in [-0.4, -0.2) is 21.8 Å².